The van der Waals surface area contributed by atoms with Crippen molar-refractivity contribution in [3.8, 4) is 0 Å². The first-order chi connectivity index (χ1) is 10.2. The van der Waals surface area contributed by atoms with Crippen molar-refractivity contribution in [1.82, 2.24) is 5.32 Å². The Bertz CT molecular complexity index is 328. The summed E-state index contributed by atoms with van der Waals surface area (Å²) in [5.74, 6) is 1.02. The van der Waals surface area contributed by atoms with Crippen molar-refractivity contribution in [2.75, 3.05) is 26.9 Å². The smallest absolute Gasteiger partial charge is 0.326 e. The lowest BCUT2D eigenvalue weighted by atomic mass is 9.84. The molecule has 0 heterocycles. The lowest BCUT2D eigenvalue weighted by molar-refractivity contribution is -0.150. The van der Waals surface area contributed by atoms with Crippen LogP contribution in [0.1, 0.15) is 58.3 Å². The molecule has 2 atom stereocenters. The van der Waals surface area contributed by atoms with Gasteiger partial charge in [0.1, 0.15) is 5.54 Å². The number of esters is 1. The normalized spacial score (nSPS) is 29.9. The summed E-state index contributed by atoms with van der Waals surface area (Å²) in [5.41, 5.74) is -0.472. The number of ether oxygens (including phenoxy) is 2. The zero-order chi connectivity index (χ0) is 15.1. The number of carbonyl (C=O) groups excluding carboxylic acids is 1. The van der Waals surface area contributed by atoms with Crippen LogP contribution in [0.3, 0.4) is 0 Å². The fourth-order valence-corrected chi connectivity index (χ4v) is 4.19. The number of hydrogen-bond acceptors (Lipinski definition) is 4. The Morgan fingerprint density at radius 3 is 2.67 bits per heavy atom. The first-order valence-corrected chi connectivity index (χ1v) is 8.64. The van der Waals surface area contributed by atoms with Crippen LogP contribution in [-0.4, -0.2) is 38.4 Å². The molecule has 0 radical (unpaired) electrons. The molecule has 4 heteroatoms. The van der Waals surface area contributed by atoms with Gasteiger partial charge in [-0.3, -0.25) is 4.79 Å². The number of methoxy groups -OCH3 is 1. The maximum Gasteiger partial charge on any atom is 0.326 e. The lowest BCUT2D eigenvalue weighted by Gasteiger charge is -2.33. The minimum absolute atomic E-state index is 0.0948. The van der Waals surface area contributed by atoms with E-state index >= 15 is 0 Å². The second-order valence-corrected chi connectivity index (χ2v) is 6.60. The van der Waals surface area contributed by atoms with Gasteiger partial charge in [0.25, 0.3) is 0 Å². The molecule has 2 unspecified atom stereocenters. The maximum atomic E-state index is 12.3. The van der Waals surface area contributed by atoms with E-state index in [4.69, 9.17) is 9.47 Å². The largest absolute Gasteiger partial charge is 0.468 e. The van der Waals surface area contributed by atoms with Crippen molar-refractivity contribution in [2.24, 2.45) is 11.8 Å². The SMILES string of the molecule is CCNC1(C(=O)OC)CCCC1CCOCC1CCCC1. The fourth-order valence-electron chi connectivity index (χ4n) is 4.19. The van der Waals surface area contributed by atoms with Gasteiger partial charge in [0.05, 0.1) is 7.11 Å². The van der Waals surface area contributed by atoms with Gasteiger partial charge in [-0.25, -0.2) is 0 Å². The zero-order valence-corrected chi connectivity index (χ0v) is 13.7. The number of rotatable bonds is 8. The number of nitrogens with one attached hydrogen (secondary N) is 1. The fraction of sp³-hybridized carbons (Fsp3) is 0.941. The van der Waals surface area contributed by atoms with E-state index in [2.05, 4.69) is 12.2 Å². The van der Waals surface area contributed by atoms with Crippen molar-refractivity contribution >= 4 is 5.97 Å². The van der Waals surface area contributed by atoms with Gasteiger partial charge in [-0.1, -0.05) is 26.2 Å². The summed E-state index contributed by atoms with van der Waals surface area (Å²) in [7, 11) is 1.49. The second kappa shape index (κ2) is 8.14. The molecular formula is C17H31NO3. The van der Waals surface area contributed by atoms with E-state index in [0.717, 1.165) is 51.4 Å². The van der Waals surface area contributed by atoms with Gasteiger partial charge in [0.15, 0.2) is 0 Å². The van der Waals surface area contributed by atoms with Crippen molar-refractivity contribution < 1.29 is 14.3 Å². The summed E-state index contributed by atoms with van der Waals surface area (Å²) in [6.07, 6.45) is 9.41. The first-order valence-electron chi connectivity index (χ1n) is 8.64. The molecule has 2 saturated carbocycles. The molecule has 4 nitrogen and oxygen atoms in total. The van der Waals surface area contributed by atoms with E-state index in [1.807, 2.05) is 0 Å². The van der Waals surface area contributed by atoms with Gasteiger partial charge in [0.2, 0.25) is 0 Å². The third-order valence-corrected chi connectivity index (χ3v) is 5.30. The molecule has 2 rings (SSSR count). The summed E-state index contributed by atoms with van der Waals surface area (Å²) >= 11 is 0. The van der Waals surface area contributed by atoms with Crippen LogP contribution in [0, 0.1) is 11.8 Å². The monoisotopic (exact) mass is 297 g/mol. The van der Waals surface area contributed by atoms with Crippen LogP contribution in [0.2, 0.25) is 0 Å². The van der Waals surface area contributed by atoms with E-state index < -0.39 is 5.54 Å². The molecular weight excluding hydrogens is 266 g/mol. The average molecular weight is 297 g/mol. The molecule has 2 aliphatic rings. The molecule has 0 spiro atoms. The van der Waals surface area contributed by atoms with Crippen molar-refractivity contribution in [1.29, 1.82) is 0 Å². The maximum absolute atomic E-state index is 12.3. The molecule has 0 aromatic heterocycles. The molecule has 0 bridgehead atoms. The van der Waals surface area contributed by atoms with Crippen molar-refractivity contribution in [2.45, 2.75) is 63.8 Å². The third kappa shape index (κ3) is 3.98. The van der Waals surface area contributed by atoms with E-state index in [1.165, 1.54) is 32.8 Å². The Morgan fingerprint density at radius 2 is 2.00 bits per heavy atom. The molecule has 1 N–H and O–H groups in total. The van der Waals surface area contributed by atoms with Crippen LogP contribution in [0.25, 0.3) is 0 Å². The van der Waals surface area contributed by atoms with E-state index in [1.54, 1.807) is 0 Å². The molecule has 122 valence electrons. The van der Waals surface area contributed by atoms with Gasteiger partial charge in [0, 0.05) is 13.2 Å². The Balaban J connectivity index is 1.80. The highest BCUT2D eigenvalue weighted by Crippen LogP contribution is 2.39. The van der Waals surface area contributed by atoms with Crippen molar-refractivity contribution in [3.05, 3.63) is 0 Å². The van der Waals surface area contributed by atoms with Gasteiger partial charge < -0.3 is 14.8 Å². The van der Waals surface area contributed by atoms with Gasteiger partial charge in [-0.05, 0) is 50.5 Å². The van der Waals surface area contributed by atoms with Gasteiger partial charge >= 0.3 is 5.97 Å². The van der Waals surface area contributed by atoms with Gasteiger partial charge in [-0.15, -0.1) is 0 Å². The minimum Gasteiger partial charge on any atom is -0.468 e. The first kappa shape index (κ1) is 16.8. The molecule has 0 saturated heterocycles. The summed E-state index contributed by atoms with van der Waals surface area (Å²) in [6.45, 7) is 4.52. The Hall–Kier alpha value is -0.610. The highest BCUT2D eigenvalue weighted by molar-refractivity contribution is 5.81. The highest BCUT2D eigenvalue weighted by atomic mass is 16.5. The van der Waals surface area contributed by atoms with E-state index in [9.17, 15) is 4.79 Å². The molecule has 0 aliphatic heterocycles. The van der Waals surface area contributed by atoms with Crippen molar-refractivity contribution in [3.63, 3.8) is 0 Å². The number of likely N-dealkylation sites (N-methyl/N-ethyl adjacent to an activating group) is 1. The zero-order valence-electron chi connectivity index (χ0n) is 13.7. The quantitative estimate of drug-likeness (QED) is 0.553. The standard InChI is InChI=1S/C17H31NO3/c1-3-18-17(16(19)20-2)11-6-9-15(17)10-12-21-13-14-7-4-5-8-14/h14-15,18H,3-13H2,1-2H3. The Labute approximate surface area is 129 Å². The third-order valence-electron chi connectivity index (χ3n) is 5.30. The number of hydrogen-bond donors (Lipinski definition) is 1. The summed E-state index contributed by atoms with van der Waals surface area (Å²) in [6, 6.07) is 0. The predicted octanol–water partition coefficient (Wildman–Crippen LogP) is 2.90. The topological polar surface area (TPSA) is 47.6 Å². The summed E-state index contributed by atoms with van der Waals surface area (Å²) in [5, 5.41) is 3.41. The summed E-state index contributed by atoms with van der Waals surface area (Å²) < 4.78 is 11.0. The van der Waals surface area contributed by atoms with E-state index in [-0.39, 0.29) is 5.97 Å². The minimum atomic E-state index is -0.472. The second-order valence-electron chi connectivity index (χ2n) is 6.60. The molecule has 21 heavy (non-hydrogen) atoms. The van der Waals surface area contributed by atoms with Gasteiger partial charge in [-0.2, -0.15) is 0 Å². The average Bonchev–Trinajstić information content (AvgIpc) is 3.13. The summed E-state index contributed by atoms with van der Waals surface area (Å²) in [4.78, 5) is 12.3. The molecule has 0 amide bonds. The van der Waals surface area contributed by atoms with Crippen LogP contribution in [0.4, 0.5) is 0 Å². The molecule has 0 aromatic carbocycles. The number of carbonyl (C=O) groups is 1. The highest BCUT2D eigenvalue weighted by Gasteiger charge is 2.48. The lowest BCUT2D eigenvalue weighted by Crippen LogP contribution is -2.55. The van der Waals surface area contributed by atoms with Crippen LogP contribution in [-0.2, 0) is 14.3 Å². The molecule has 2 aliphatic carbocycles. The Kier molecular flexibility index (Phi) is 6.49. The molecule has 0 aromatic rings. The Morgan fingerprint density at radius 1 is 1.24 bits per heavy atom. The predicted molar refractivity (Wildman–Crippen MR) is 83.2 cm³/mol. The van der Waals surface area contributed by atoms with Crippen LogP contribution < -0.4 is 5.32 Å². The molecule has 2 fully saturated rings. The van der Waals surface area contributed by atoms with E-state index in [0.29, 0.717) is 5.92 Å². The van der Waals surface area contributed by atoms with Crippen LogP contribution in [0.15, 0.2) is 0 Å². The van der Waals surface area contributed by atoms with Crippen LogP contribution >= 0.6 is 0 Å². The van der Waals surface area contributed by atoms with Crippen LogP contribution in [0.5, 0.6) is 0 Å².